The Bertz CT molecular complexity index is 224. The van der Waals surface area contributed by atoms with Gasteiger partial charge >= 0.3 is 0 Å². The van der Waals surface area contributed by atoms with Crippen molar-refractivity contribution in [1.82, 2.24) is 15.5 Å². The molecule has 4 heteroatoms. The van der Waals surface area contributed by atoms with Gasteiger partial charge in [0, 0.05) is 31.6 Å². The van der Waals surface area contributed by atoms with E-state index in [0.717, 1.165) is 39.1 Å². The highest BCUT2D eigenvalue weighted by molar-refractivity contribution is 5.76. The first-order chi connectivity index (χ1) is 8.39. The van der Waals surface area contributed by atoms with Gasteiger partial charge in [0.15, 0.2) is 0 Å². The van der Waals surface area contributed by atoms with Gasteiger partial charge in [0.25, 0.3) is 0 Å². The molecule has 0 aliphatic heterocycles. The van der Waals surface area contributed by atoms with Gasteiger partial charge in [-0.25, -0.2) is 0 Å². The van der Waals surface area contributed by atoms with Crippen LogP contribution in [-0.2, 0) is 4.79 Å². The van der Waals surface area contributed by atoms with Gasteiger partial charge in [-0.15, -0.1) is 0 Å². The summed E-state index contributed by atoms with van der Waals surface area (Å²) < 4.78 is 0. The van der Waals surface area contributed by atoms with Crippen LogP contribution in [0.5, 0.6) is 0 Å². The molecule has 0 aliphatic carbocycles. The Hall–Kier alpha value is -0.610. The van der Waals surface area contributed by atoms with Crippen LogP contribution in [0.1, 0.15) is 47.5 Å². The van der Waals surface area contributed by atoms with E-state index in [-0.39, 0.29) is 11.4 Å². The standard InChI is InChI=1S/C14H31N3O/c1-6-11-17(7-2)12-10-15-13(18)8-9-16-14(3,4)5/h16H,6-12H2,1-5H3,(H,15,18). The molecule has 0 radical (unpaired) electrons. The first kappa shape index (κ1) is 17.4. The van der Waals surface area contributed by atoms with Crippen molar-refractivity contribution in [3.63, 3.8) is 0 Å². The third-order valence-corrected chi connectivity index (χ3v) is 2.74. The number of amides is 1. The summed E-state index contributed by atoms with van der Waals surface area (Å²) in [5, 5.41) is 6.28. The molecule has 0 unspecified atom stereocenters. The molecule has 0 heterocycles. The van der Waals surface area contributed by atoms with E-state index < -0.39 is 0 Å². The van der Waals surface area contributed by atoms with Crippen molar-refractivity contribution in [2.24, 2.45) is 0 Å². The summed E-state index contributed by atoms with van der Waals surface area (Å²) in [7, 11) is 0. The van der Waals surface area contributed by atoms with Gasteiger partial charge in [-0.1, -0.05) is 13.8 Å². The Labute approximate surface area is 113 Å². The van der Waals surface area contributed by atoms with Crippen LogP contribution >= 0.6 is 0 Å². The predicted octanol–water partition coefficient (Wildman–Crippen LogP) is 1.61. The highest BCUT2D eigenvalue weighted by Gasteiger charge is 2.09. The van der Waals surface area contributed by atoms with E-state index in [1.807, 2.05) is 0 Å². The van der Waals surface area contributed by atoms with Crippen LogP contribution < -0.4 is 10.6 Å². The number of hydrogen-bond acceptors (Lipinski definition) is 3. The van der Waals surface area contributed by atoms with E-state index in [0.29, 0.717) is 6.42 Å². The first-order valence-electron chi connectivity index (χ1n) is 7.13. The molecule has 108 valence electrons. The van der Waals surface area contributed by atoms with Crippen LogP contribution in [0.3, 0.4) is 0 Å². The molecule has 4 nitrogen and oxygen atoms in total. The number of carbonyl (C=O) groups is 1. The maximum atomic E-state index is 11.6. The fourth-order valence-corrected chi connectivity index (χ4v) is 1.74. The number of carbonyl (C=O) groups excluding carboxylic acids is 1. The first-order valence-corrected chi connectivity index (χ1v) is 7.13. The van der Waals surface area contributed by atoms with Gasteiger partial charge in [-0.3, -0.25) is 4.79 Å². The third-order valence-electron chi connectivity index (χ3n) is 2.74. The van der Waals surface area contributed by atoms with Gasteiger partial charge in [-0.05, 0) is 40.3 Å². The van der Waals surface area contributed by atoms with Crippen LogP contribution in [0.15, 0.2) is 0 Å². The minimum absolute atomic E-state index is 0.0837. The molecule has 0 saturated heterocycles. The van der Waals surface area contributed by atoms with Crippen LogP contribution in [0.2, 0.25) is 0 Å². The lowest BCUT2D eigenvalue weighted by Gasteiger charge is -2.21. The van der Waals surface area contributed by atoms with Crippen molar-refractivity contribution in [3.05, 3.63) is 0 Å². The summed E-state index contributed by atoms with van der Waals surface area (Å²) >= 11 is 0. The zero-order valence-corrected chi connectivity index (χ0v) is 12.8. The molecule has 0 atom stereocenters. The predicted molar refractivity (Wildman–Crippen MR) is 77.8 cm³/mol. The number of rotatable bonds is 9. The van der Waals surface area contributed by atoms with Crippen molar-refractivity contribution >= 4 is 5.91 Å². The smallest absolute Gasteiger partial charge is 0.221 e. The summed E-state index contributed by atoms with van der Waals surface area (Å²) in [5.74, 6) is 0.138. The summed E-state index contributed by atoms with van der Waals surface area (Å²) in [5.41, 5.74) is 0.0837. The number of likely N-dealkylation sites (N-methyl/N-ethyl adjacent to an activating group) is 1. The van der Waals surface area contributed by atoms with E-state index in [9.17, 15) is 4.79 Å². The molecule has 0 saturated carbocycles. The second-order valence-electron chi connectivity index (χ2n) is 5.71. The molecule has 0 bridgehead atoms. The summed E-state index contributed by atoms with van der Waals surface area (Å²) in [4.78, 5) is 13.9. The average Bonchev–Trinajstić information content (AvgIpc) is 2.26. The molecule has 0 aromatic heterocycles. The lowest BCUT2D eigenvalue weighted by atomic mass is 10.1. The number of hydrogen-bond donors (Lipinski definition) is 2. The van der Waals surface area contributed by atoms with E-state index in [1.54, 1.807) is 0 Å². The minimum Gasteiger partial charge on any atom is -0.355 e. The molecular formula is C14H31N3O. The summed E-state index contributed by atoms with van der Waals surface area (Å²) in [6.07, 6.45) is 1.72. The molecule has 18 heavy (non-hydrogen) atoms. The Balaban J connectivity index is 3.58. The quantitative estimate of drug-likeness (QED) is 0.659. The zero-order chi connectivity index (χ0) is 14.0. The Morgan fingerprint density at radius 1 is 1.11 bits per heavy atom. The van der Waals surface area contributed by atoms with Crippen molar-refractivity contribution in [2.75, 3.05) is 32.7 Å². The zero-order valence-electron chi connectivity index (χ0n) is 12.8. The van der Waals surface area contributed by atoms with Gasteiger partial charge < -0.3 is 15.5 Å². The molecule has 0 aliphatic rings. The van der Waals surface area contributed by atoms with Gasteiger partial charge in [-0.2, -0.15) is 0 Å². The second-order valence-corrected chi connectivity index (χ2v) is 5.71. The highest BCUT2D eigenvalue weighted by Crippen LogP contribution is 1.97. The monoisotopic (exact) mass is 257 g/mol. The van der Waals surface area contributed by atoms with Crippen LogP contribution in [0.4, 0.5) is 0 Å². The van der Waals surface area contributed by atoms with E-state index >= 15 is 0 Å². The van der Waals surface area contributed by atoms with Crippen molar-refractivity contribution in [2.45, 2.75) is 53.0 Å². The Kier molecular flexibility index (Phi) is 9.02. The molecule has 0 aromatic carbocycles. The van der Waals surface area contributed by atoms with E-state index in [1.165, 1.54) is 0 Å². The molecule has 0 fully saturated rings. The van der Waals surface area contributed by atoms with Crippen LogP contribution in [0.25, 0.3) is 0 Å². The van der Waals surface area contributed by atoms with E-state index in [2.05, 4.69) is 50.2 Å². The van der Waals surface area contributed by atoms with Crippen molar-refractivity contribution < 1.29 is 4.79 Å². The second kappa shape index (κ2) is 9.34. The van der Waals surface area contributed by atoms with Gasteiger partial charge in [0.05, 0.1) is 0 Å². The highest BCUT2D eigenvalue weighted by atomic mass is 16.1. The topological polar surface area (TPSA) is 44.4 Å². The van der Waals surface area contributed by atoms with Gasteiger partial charge in [0.2, 0.25) is 5.91 Å². The maximum absolute atomic E-state index is 11.6. The molecule has 0 spiro atoms. The normalized spacial score (nSPS) is 11.9. The summed E-state index contributed by atoms with van der Waals surface area (Å²) in [6.45, 7) is 15.3. The molecule has 0 rings (SSSR count). The fraction of sp³-hybridized carbons (Fsp3) is 0.929. The van der Waals surface area contributed by atoms with Crippen LogP contribution in [-0.4, -0.2) is 49.1 Å². The molecule has 0 aromatic rings. The SMILES string of the molecule is CCCN(CC)CCNC(=O)CCNC(C)(C)C. The lowest BCUT2D eigenvalue weighted by Crippen LogP contribution is -2.40. The average molecular weight is 257 g/mol. The van der Waals surface area contributed by atoms with Crippen LogP contribution in [0, 0.1) is 0 Å². The Morgan fingerprint density at radius 3 is 2.28 bits per heavy atom. The maximum Gasteiger partial charge on any atom is 0.221 e. The van der Waals surface area contributed by atoms with E-state index in [4.69, 9.17) is 0 Å². The lowest BCUT2D eigenvalue weighted by molar-refractivity contribution is -0.121. The minimum atomic E-state index is 0.0837. The summed E-state index contributed by atoms with van der Waals surface area (Å²) in [6, 6.07) is 0. The largest absolute Gasteiger partial charge is 0.355 e. The third kappa shape index (κ3) is 10.5. The van der Waals surface area contributed by atoms with Crippen molar-refractivity contribution in [3.8, 4) is 0 Å². The fourth-order valence-electron chi connectivity index (χ4n) is 1.74. The molecular weight excluding hydrogens is 226 g/mol. The van der Waals surface area contributed by atoms with Crippen molar-refractivity contribution in [1.29, 1.82) is 0 Å². The molecule has 1 amide bonds. The molecule has 2 N–H and O–H groups in total. The Morgan fingerprint density at radius 2 is 1.78 bits per heavy atom. The number of nitrogens with zero attached hydrogens (tertiary/aromatic N) is 1. The number of nitrogens with one attached hydrogen (secondary N) is 2. The van der Waals surface area contributed by atoms with Gasteiger partial charge in [0.1, 0.15) is 0 Å².